The maximum Gasteiger partial charge on any atom is 0.129 e. The van der Waals surface area contributed by atoms with Gasteiger partial charge in [0.25, 0.3) is 0 Å². The number of carbonyl (C=O) groups excluding carboxylic acids is 1. The zero-order valence-electron chi connectivity index (χ0n) is 8.31. The number of carbonyl (C=O) groups is 1. The van der Waals surface area contributed by atoms with E-state index in [1.807, 2.05) is 0 Å². The highest BCUT2D eigenvalue weighted by atomic mass is 16.1. The van der Waals surface area contributed by atoms with Gasteiger partial charge in [-0.3, -0.25) is 0 Å². The minimum Gasteiger partial charge on any atom is -0.300 e. The van der Waals surface area contributed by atoms with E-state index in [0.29, 0.717) is 12.3 Å². The molecule has 1 nitrogen and oxygen atoms in total. The molecule has 0 aliphatic heterocycles. The van der Waals surface area contributed by atoms with Crippen molar-refractivity contribution < 1.29 is 4.79 Å². The number of ketones is 1. The molecule has 0 rings (SSSR count). The Morgan fingerprint density at radius 3 is 2.50 bits per heavy atom. The van der Waals surface area contributed by atoms with E-state index in [9.17, 15) is 4.79 Å². The maximum absolute atomic E-state index is 10.5. The third-order valence-electron chi connectivity index (χ3n) is 1.47. The van der Waals surface area contributed by atoms with Gasteiger partial charge in [0.2, 0.25) is 0 Å². The second-order valence-electron chi connectivity index (χ2n) is 3.38. The van der Waals surface area contributed by atoms with Crippen LogP contribution in [0, 0.1) is 17.8 Å². The molecule has 0 saturated heterocycles. The summed E-state index contributed by atoms with van der Waals surface area (Å²) < 4.78 is 0. The van der Waals surface area contributed by atoms with Crippen LogP contribution < -0.4 is 0 Å². The molecule has 1 heteroatoms. The SMILES string of the molecule is CC(=O)CCCCC#CC(C)C. The van der Waals surface area contributed by atoms with E-state index < -0.39 is 0 Å². The lowest BCUT2D eigenvalue weighted by Crippen LogP contribution is -1.88. The highest BCUT2D eigenvalue weighted by Crippen LogP contribution is 1.99. The van der Waals surface area contributed by atoms with Gasteiger partial charge in [-0.25, -0.2) is 0 Å². The Morgan fingerprint density at radius 2 is 2.00 bits per heavy atom. The monoisotopic (exact) mass is 166 g/mol. The largest absolute Gasteiger partial charge is 0.300 e. The van der Waals surface area contributed by atoms with Crippen molar-refractivity contribution >= 4 is 5.78 Å². The maximum atomic E-state index is 10.5. The van der Waals surface area contributed by atoms with E-state index in [-0.39, 0.29) is 5.78 Å². The predicted octanol–water partition coefficient (Wildman–Crippen LogP) is 2.80. The average molecular weight is 166 g/mol. The lowest BCUT2D eigenvalue weighted by Gasteiger charge is -1.92. The van der Waals surface area contributed by atoms with Crippen molar-refractivity contribution in [2.45, 2.75) is 46.5 Å². The van der Waals surface area contributed by atoms with Crippen LogP contribution in [0.5, 0.6) is 0 Å². The second-order valence-corrected chi connectivity index (χ2v) is 3.38. The Balaban J connectivity index is 3.23. The third kappa shape index (κ3) is 9.23. The predicted molar refractivity (Wildman–Crippen MR) is 51.8 cm³/mol. The molecule has 0 spiro atoms. The number of unbranched alkanes of at least 4 members (excludes halogenated alkanes) is 2. The molecule has 0 aromatic carbocycles. The summed E-state index contributed by atoms with van der Waals surface area (Å²) >= 11 is 0. The van der Waals surface area contributed by atoms with E-state index in [1.165, 1.54) is 0 Å². The first-order valence-electron chi connectivity index (χ1n) is 4.60. The Kier molecular flexibility index (Phi) is 6.47. The molecule has 0 radical (unpaired) electrons. The molecule has 0 aliphatic rings. The van der Waals surface area contributed by atoms with Gasteiger partial charge >= 0.3 is 0 Å². The highest BCUT2D eigenvalue weighted by Gasteiger charge is 1.91. The topological polar surface area (TPSA) is 17.1 Å². The Labute approximate surface area is 75.5 Å². The summed E-state index contributed by atoms with van der Waals surface area (Å²) in [6.07, 6.45) is 3.69. The van der Waals surface area contributed by atoms with Crippen LogP contribution in [-0.4, -0.2) is 5.78 Å². The Morgan fingerprint density at radius 1 is 1.33 bits per heavy atom. The Bertz CT molecular complexity index is 181. The van der Waals surface area contributed by atoms with E-state index >= 15 is 0 Å². The van der Waals surface area contributed by atoms with Gasteiger partial charge in [-0.05, 0) is 19.8 Å². The standard InChI is InChI=1S/C11H18O/c1-10(2)8-6-4-5-7-9-11(3)12/h10H,4-5,7,9H2,1-3H3. The molecule has 0 atom stereocenters. The summed E-state index contributed by atoms with van der Waals surface area (Å²) in [5, 5.41) is 0. The van der Waals surface area contributed by atoms with Crippen molar-refractivity contribution in [3.8, 4) is 11.8 Å². The fourth-order valence-electron chi connectivity index (χ4n) is 0.864. The fourth-order valence-corrected chi connectivity index (χ4v) is 0.864. The minimum atomic E-state index is 0.284. The van der Waals surface area contributed by atoms with Gasteiger partial charge in [-0.15, -0.1) is 11.8 Å². The van der Waals surface area contributed by atoms with Gasteiger partial charge in [0.1, 0.15) is 5.78 Å². The van der Waals surface area contributed by atoms with Gasteiger partial charge in [-0.1, -0.05) is 13.8 Å². The normalized spacial score (nSPS) is 9.33. The summed E-state index contributed by atoms with van der Waals surface area (Å²) in [6, 6.07) is 0. The molecule has 0 aromatic rings. The zero-order valence-corrected chi connectivity index (χ0v) is 8.31. The molecular formula is C11H18O. The Hall–Kier alpha value is -0.770. The van der Waals surface area contributed by atoms with E-state index in [0.717, 1.165) is 19.3 Å². The quantitative estimate of drug-likeness (QED) is 0.463. The minimum absolute atomic E-state index is 0.284. The van der Waals surface area contributed by atoms with Gasteiger partial charge < -0.3 is 4.79 Å². The third-order valence-corrected chi connectivity index (χ3v) is 1.47. The summed E-state index contributed by atoms with van der Waals surface area (Å²) in [6.45, 7) is 5.81. The number of hydrogen-bond donors (Lipinski definition) is 0. The van der Waals surface area contributed by atoms with Gasteiger partial charge in [0.15, 0.2) is 0 Å². The lowest BCUT2D eigenvalue weighted by atomic mass is 10.1. The van der Waals surface area contributed by atoms with Crippen LogP contribution in [0.15, 0.2) is 0 Å². The van der Waals surface area contributed by atoms with Crippen LogP contribution in [0.25, 0.3) is 0 Å². The van der Waals surface area contributed by atoms with Crippen molar-refractivity contribution in [2.24, 2.45) is 5.92 Å². The van der Waals surface area contributed by atoms with Crippen LogP contribution in [0.1, 0.15) is 46.5 Å². The molecule has 68 valence electrons. The van der Waals surface area contributed by atoms with Gasteiger partial charge in [0, 0.05) is 18.8 Å². The fraction of sp³-hybridized carbons (Fsp3) is 0.727. The van der Waals surface area contributed by atoms with Crippen LogP contribution in [0.4, 0.5) is 0 Å². The van der Waals surface area contributed by atoms with E-state index in [2.05, 4.69) is 25.7 Å². The van der Waals surface area contributed by atoms with Crippen molar-refractivity contribution in [3.05, 3.63) is 0 Å². The second kappa shape index (κ2) is 6.91. The molecule has 0 amide bonds. The first kappa shape index (κ1) is 11.2. The van der Waals surface area contributed by atoms with Gasteiger partial charge in [0.05, 0.1) is 0 Å². The van der Waals surface area contributed by atoms with E-state index in [4.69, 9.17) is 0 Å². The van der Waals surface area contributed by atoms with Crippen molar-refractivity contribution in [3.63, 3.8) is 0 Å². The van der Waals surface area contributed by atoms with Crippen LogP contribution in [-0.2, 0) is 4.79 Å². The summed E-state index contributed by atoms with van der Waals surface area (Å²) in [5.41, 5.74) is 0. The molecule has 0 N–H and O–H groups in total. The molecule has 0 heterocycles. The van der Waals surface area contributed by atoms with Crippen molar-refractivity contribution in [1.82, 2.24) is 0 Å². The van der Waals surface area contributed by atoms with Gasteiger partial charge in [-0.2, -0.15) is 0 Å². The molecule has 0 aliphatic carbocycles. The molecule has 0 aromatic heterocycles. The van der Waals surface area contributed by atoms with Crippen LogP contribution in [0.2, 0.25) is 0 Å². The van der Waals surface area contributed by atoms with Crippen molar-refractivity contribution in [1.29, 1.82) is 0 Å². The summed E-state index contributed by atoms with van der Waals surface area (Å²) in [4.78, 5) is 10.5. The summed E-state index contributed by atoms with van der Waals surface area (Å²) in [5.74, 6) is 6.95. The lowest BCUT2D eigenvalue weighted by molar-refractivity contribution is -0.117. The molecule has 12 heavy (non-hydrogen) atoms. The zero-order chi connectivity index (χ0) is 9.40. The summed E-state index contributed by atoms with van der Waals surface area (Å²) in [7, 11) is 0. The number of hydrogen-bond acceptors (Lipinski definition) is 1. The first-order chi connectivity index (χ1) is 5.63. The smallest absolute Gasteiger partial charge is 0.129 e. The van der Waals surface area contributed by atoms with Crippen LogP contribution >= 0.6 is 0 Å². The number of rotatable bonds is 4. The highest BCUT2D eigenvalue weighted by molar-refractivity contribution is 5.75. The number of Topliss-reactive ketones (excluding diaryl/α,β-unsaturated/α-hetero) is 1. The first-order valence-corrected chi connectivity index (χ1v) is 4.60. The molecule has 0 bridgehead atoms. The van der Waals surface area contributed by atoms with Crippen molar-refractivity contribution in [2.75, 3.05) is 0 Å². The molecule has 0 saturated carbocycles. The van der Waals surface area contributed by atoms with E-state index in [1.54, 1.807) is 6.92 Å². The molecule has 0 unspecified atom stereocenters. The average Bonchev–Trinajstić information content (AvgIpc) is 1.95. The van der Waals surface area contributed by atoms with Crippen LogP contribution in [0.3, 0.4) is 0 Å². The molecule has 0 fully saturated rings. The molecular weight excluding hydrogens is 148 g/mol.